The lowest BCUT2D eigenvalue weighted by molar-refractivity contribution is -0.142. The van der Waals surface area contributed by atoms with E-state index in [1.165, 1.54) is 13.2 Å². The number of aromatic hydroxyl groups is 1. The molecule has 34 heavy (non-hydrogen) atoms. The normalized spacial score (nSPS) is 28.3. The van der Waals surface area contributed by atoms with E-state index < -0.39 is 63.8 Å². The van der Waals surface area contributed by atoms with Gasteiger partial charge >= 0.3 is 5.97 Å². The van der Waals surface area contributed by atoms with Crippen LogP contribution in [0.15, 0.2) is 41.2 Å². The van der Waals surface area contributed by atoms with E-state index in [1.54, 1.807) is 6.07 Å². The van der Waals surface area contributed by atoms with Gasteiger partial charge in [0.25, 0.3) is 5.91 Å². The van der Waals surface area contributed by atoms with Crippen molar-refractivity contribution in [2.45, 2.75) is 43.2 Å². The summed E-state index contributed by atoms with van der Waals surface area (Å²) in [5.41, 5.74) is 7.80. The van der Waals surface area contributed by atoms with Gasteiger partial charge in [-0.05, 0) is 42.4 Å². The number of phenols is 1. The van der Waals surface area contributed by atoms with Crippen LogP contribution in [0.25, 0.3) is 5.76 Å². The van der Waals surface area contributed by atoms with E-state index in [1.807, 2.05) is 0 Å². The third-order valence-corrected chi connectivity index (χ3v) is 7.23. The van der Waals surface area contributed by atoms with Crippen molar-refractivity contribution in [3.05, 3.63) is 57.9 Å². The van der Waals surface area contributed by atoms with Crippen molar-refractivity contribution >= 4 is 23.4 Å². The van der Waals surface area contributed by atoms with Crippen molar-refractivity contribution in [1.82, 2.24) is 0 Å². The Bertz CT molecular complexity index is 1230. The van der Waals surface area contributed by atoms with Crippen molar-refractivity contribution in [1.29, 1.82) is 0 Å². The van der Waals surface area contributed by atoms with Crippen LogP contribution in [-0.4, -0.2) is 56.3 Å². The summed E-state index contributed by atoms with van der Waals surface area (Å²) in [6, 6.07) is 2.98. The molecule has 0 bridgehead atoms. The van der Waals surface area contributed by atoms with Gasteiger partial charge in [-0.2, -0.15) is 0 Å². The Morgan fingerprint density at radius 3 is 2.56 bits per heavy atom. The second-order valence-electron chi connectivity index (χ2n) is 9.08. The van der Waals surface area contributed by atoms with Crippen LogP contribution in [-0.2, 0) is 32.0 Å². The van der Waals surface area contributed by atoms with Crippen LogP contribution in [0.3, 0.4) is 0 Å². The fourth-order valence-electron chi connectivity index (χ4n) is 5.57. The van der Waals surface area contributed by atoms with Gasteiger partial charge < -0.3 is 36.6 Å². The molecule has 0 saturated heterocycles. The molecule has 0 aliphatic heterocycles. The summed E-state index contributed by atoms with van der Waals surface area (Å²) in [6.07, 6.45) is 0.0800. The number of rotatable bonds is 4. The number of amides is 1. The lowest BCUT2D eigenvalue weighted by Crippen LogP contribution is -2.72. The molecule has 8 N–H and O–H groups in total. The Morgan fingerprint density at radius 1 is 1.26 bits per heavy atom. The van der Waals surface area contributed by atoms with E-state index in [0.29, 0.717) is 11.1 Å². The molecule has 0 radical (unpaired) electrons. The van der Waals surface area contributed by atoms with Gasteiger partial charge in [-0.25, -0.2) is 0 Å². The van der Waals surface area contributed by atoms with Crippen LogP contribution >= 0.6 is 0 Å². The molecule has 3 aliphatic carbocycles. The quantitative estimate of drug-likeness (QED) is 0.342. The van der Waals surface area contributed by atoms with E-state index >= 15 is 0 Å². The molecular weight excluding hydrogens is 444 g/mol. The van der Waals surface area contributed by atoms with Crippen LogP contribution in [0.4, 0.5) is 0 Å². The zero-order valence-electron chi connectivity index (χ0n) is 18.6. The van der Waals surface area contributed by atoms with E-state index in [-0.39, 0.29) is 42.6 Å². The van der Waals surface area contributed by atoms with Crippen molar-refractivity contribution in [2.75, 3.05) is 7.11 Å². The average molecular weight is 470 g/mol. The number of aliphatic hydroxyl groups excluding tert-OH is 2. The minimum absolute atomic E-state index is 0.0324. The fourth-order valence-corrected chi connectivity index (χ4v) is 5.57. The van der Waals surface area contributed by atoms with Crippen LogP contribution in [0.1, 0.15) is 36.0 Å². The van der Waals surface area contributed by atoms with Crippen molar-refractivity contribution in [3.63, 3.8) is 0 Å². The summed E-state index contributed by atoms with van der Waals surface area (Å²) >= 11 is 0. The number of carbonyl (C=O) groups is 3. The molecule has 0 heterocycles. The lowest BCUT2D eigenvalue weighted by atomic mass is 9.54. The summed E-state index contributed by atoms with van der Waals surface area (Å²) in [6.45, 7) is 3.64. The first-order valence-electron chi connectivity index (χ1n) is 10.7. The highest BCUT2D eigenvalue weighted by Gasteiger charge is 2.65. The number of aliphatic hydroxyl groups is 3. The molecule has 1 fully saturated rings. The molecule has 4 rings (SSSR count). The van der Waals surface area contributed by atoms with Crippen LogP contribution < -0.4 is 11.5 Å². The number of hydrogen-bond acceptors (Lipinski definition) is 9. The number of ether oxygens (including phenoxy) is 1. The van der Waals surface area contributed by atoms with Gasteiger partial charge in [-0.15, -0.1) is 0 Å². The van der Waals surface area contributed by atoms with Gasteiger partial charge in [-0.1, -0.05) is 12.6 Å². The summed E-state index contributed by atoms with van der Waals surface area (Å²) in [5, 5.41) is 43.6. The van der Waals surface area contributed by atoms with Crippen molar-refractivity contribution < 1.29 is 39.5 Å². The predicted octanol–water partition coefficient (Wildman–Crippen LogP) is 0.598. The number of benzene rings is 1. The number of esters is 1. The van der Waals surface area contributed by atoms with Crippen molar-refractivity contribution in [2.24, 2.45) is 17.4 Å². The third-order valence-electron chi connectivity index (χ3n) is 7.23. The zero-order valence-corrected chi connectivity index (χ0v) is 18.6. The molecular formula is C24H26N2O8. The highest BCUT2D eigenvalue weighted by Crippen LogP contribution is 2.54. The molecule has 3 aliphatic rings. The van der Waals surface area contributed by atoms with Gasteiger partial charge in [0.2, 0.25) is 5.78 Å². The van der Waals surface area contributed by atoms with Crippen LogP contribution in [0.2, 0.25) is 0 Å². The Kier molecular flexibility index (Phi) is 5.34. The van der Waals surface area contributed by atoms with Gasteiger partial charge in [0.15, 0.2) is 5.60 Å². The molecule has 180 valence electrons. The molecule has 0 aromatic heterocycles. The monoisotopic (exact) mass is 470 g/mol. The third kappa shape index (κ3) is 3.06. The second-order valence-corrected chi connectivity index (χ2v) is 9.08. The van der Waals surface area contributed by atoms with Crippen LogP contribution in [0, 0.1) is 5.92 Å². The molecule has 0 spiro atoms. The fraction of sp³-hybridized carbons (Fsp3) is 0.375. The molecule has 0 unspecified atom stereocenters. The number of carbonyl (C=O) groups excluding carboxylic acids is 3. The zero-order chi connectivity index (χ0) is 25.2. The number of fused-ring (bicyclic) bond motifs is 3. The highest BCUT2D eigenvalue weighted by molar-refractivity contribution is 6.14. The van der Waals surface area contributed by atoms with E-state index in [0.717, 1.165) is 0 Å². The van der Waals surface area contributed by atoms with E-state index in [9.17, 15) is 34.8 Å². The van der Waals surface area contributed by atoms with E-state index in [4.69, 9.17) is 11.5 Å². The molecule has 1 aromatic rings. The lowest BCUT2D eigenvalue weighted by Gasteiger charge is -2.53. The predicted molar refractivity (Wildman–Crippen MR) is 119 cm³/mol. The largest absolute Gasteiger partial charge is 0.511 e. The molecule has 10 nitrogen and oxygen atoms in total. The topological polar surface area (TPSA) is 193 Å². The number of methoxy groups -OCH3 is 1. The number of ketones is 1. The minimum Gasteiger partial charge on any atom is -0.511 e. The van der Waals surface area contributed by atoms with Crippen LogP contribution in [0.5, 0.6) is 5.75 Å². The number of nitrogens with two attached hydrogens (primary N) is 2. The molecule has 1 aromatic carbocycles. The number of phenolic OH excluding ortho intramolecular Hbond substituents is 1. The molecule has 1 amide bonds. The number of aryl methyl sites for hydroxylation is 1. The summed E-state index contributed by atoms with van der Waals surface area (Å²) in [7, 11) is 1.27. The van der Waals surface area contributed by atoms with Gasteiger partial charge in [-0.3, -0.25) is 14.4 Å². The van der Waals surface area contributed by atoms with Gasteiger partial charge in [0.1, 0.15) is 17.3 Å². The van der Waals surface area contributed by atoms with Gasteiger partial charge in [0, 0.05) is 24.0 Å². The van der Waals surface area contributed by atoms with Gasteiger partial charge in [0.05, 0.1) is 23.8 Å². The first-order chi connectivity index (χ1) is 15.9. The molecule has 3 atom stereocenters. The minimum atomic E-state index is -2.50. The summed E-state index contributed by atoms with van der Waals surface area (Å²) in [5.74, 6) is -4.40. The standard InChI is InChI=1S/C24H26N2O8/c1-10-17(22(25)32)15(28)9-23(26)8-12-7-13-11(4-6-16(29)34-2)3-5-14(27)19(13)20(30)18(12)21(31)24(10,23)33/h3,5,12,27-28,30,33H,1,4,6-9,26H2,2H3,(H2,25,32)/t12-,23+,24+/m0/s1. The van der Waals surface area contributed by atoms with E-state index in [2.05, 4.69) is 11.3 Å². The first-order valence-corrected chi connectivity index (χ1v) is 10.7. The number of Topliss-reactive ketones (excluding diaryl/α,β-unsaturated/α-hetero) is 1. The SMILES string of the molecule is C=C1C(C(N)=O)=C(O)C[C@]2(N)C[C@@H]3Cc4c(CCC(=O)OC)ccc(O)c4C(O)=C3C(=O)[C@]12O. The maximum absolute atomic E-state index is 13.7. The summed E-state index contributed by atoms with van der Waals surface area (Å²) in [4.78, 5) is 37.2. The maximum atomic E-state index is 13.7. The Morgan fingerprint density at radius 2 is 1.94 bits per heavy atom. The Balaban J connectivity index is 1.86. The Hall–Kier alpha value is -3.63. The first kappa shape index (κ1) is 23.5. The number of primary amides is 1. The molecule has 10 heteroatoms. The highest BCUT2D eigenvalue weighted by atomic mass is 16.5. The molecule has 1 saturated carbocycles. The Labute approximate surface area is 194 Å². The second kappa shape index (κ2) is 7.71. The number of hydrogen-bond donors (Lipinski definition) is 6. The maximum Gasteiger partial charge on any atom is 0.305 e. The van der Waals surface area contributed by atoms with Crippen molar-refractivity contribution in [3.8, 4) is 5.75 Å². The average Bonchev–Trinajstić information content (AvgIpc) is 2.75. The smallest absolute Gasteiger partial charge is 0.305 e. The summed E-state index contributed by atoms with van der Waals surface area (Å²) < 4.78 is 4.68.